The summed E-state index contributed by atoms with van der Waals surface area (Å²) in [4.78, 5) is 8.81. The molecule has 0 aliphatic carbocycles. The summed E-state index contributed by atoms with van der Waals surface area (Å²) in [5.41, 5.74) is 0. The van der Waals surface area contributed by atoms with Crippen molar-refractivity contribution in [1.82, 2.24) is 0 Å². The molecule has 0 saturated heterocycles. The predicted molar refractivity (Wildman–Crippen MR) is 45.2 cm³/mol. The molecule has 2 heteroatoms. The van der Waals surface area contributed by atoms with Crippen LogP contribution >= 0.6 is 0 Å². The maximum Gasteiger partial charge on any atom is 0.116 e. The largest absolute Gasteiger partial charge is 0.382 e. The Balaban J connectivity index is -0.0000000847. The zero-order valence-corrected chi connectivity index (χ0v) is 7.22. The van der Waals surface area contributed by atoms with E-state index in [9.17, 15) is 0 Å². The van der Waals surface area contributed by atoms with Gasteiger partial charge in [-0.05, 0) is 20.8 Å². The van der Waals surface area contributed by atoms with Gasteiger partial charge in [0, 0.05) is 13.2 Å². The van der Waals surface area contributed by atoms with Crippen molar-refractivity contribution in [3.8, 4) is 0 Å². The van der Waals surface area contributed by atoms with Crippen molar-refractivity contribution in [3.63, 3.8) is 0 Å². The second-order valence-corrected chi connectivity index (χ2v) is 1.02. The van der Waals surface area contributed by atoms with Gasteiger partial charge >= 0.3 is 0 Å². The maximum atomic E-state index is 8.81. The van der Waals surface area contributed by atoms with Crippen LogP contribution in [-0.4, -0.2) is 19.5 Å². The van der Waals surface area contributed by atoms with Crippen molar-refractivity contribution in [1.29, 1.82) is 0 Å². The molecule has 0 amide bonds. The van der Waals surface area contributed by atoms with Gasteiger partial charge in [0.25, 0.3) is 0 Å². The maximum absolute atomic E-state index is 8.81. The molecule has 0 aliphatic heterocycles. The molecule has 0 N–H and O–H groups in total. The van der Waals surface area contributed by atoms with Crippen molar-refractivity contribution in [2.75, 3.05) is 13.2 Å². The Morgan fingerprint density at radius 3 is 1.50 bits per heavy atom. The minimum absolute atomic E-state index is 0.750. The third-order valence-electron chi connectivity index (χ3n) is 0.408. The van der Waals surface area contributed by atoms with E-state index in [0.29, 0.717) is 0 Å². The average Bonchev–Trinajstić information content (AvgIpc) is 1.96. The van der Waals surface area contributed by atoms with E-state index in [-0.39, 0.29) is 0 Å². The summed E-state index contributed by atoms with van der Waals surface area (Å²) in [5, 5.41) is 0. The summed E-state index contributed by atoms with van der Waals surface area (Å²) < 4.78 is 4.83. The lowest BCUT2D eigenvalue weighted by Gasteiger charge is -1.86. The van der Waals surface area contributed by atoms with Crippen molar-refractivity contribution in [2.45, 2.75) is 20.8 Å². The van der Waals surface area contributed by atoms with Gasteiger partial charge in [-0.1, -0.05) is 0 Å². The molecular weight excluding hydrogens is 128 g/mol. The Kier molecular flexibility index (Phi) is 64.8. The molecule has 0 heterocycles. The first kappa shape index (κ1) is 16.2. The van der Waals surface area contributed by atoms with Crippen LogP contribution in [0.15, 0.2) is 13.2 Å². The first-order chi connectivity index (χ1) is 4.83. The number of hydrogen-bond donors (Lipinski definition) is 0. The molecular formula is C8H18O2. The molecule has 0 atom stereocenters. The van der Waals surface area contributed by atoms with Gasteiger partial charge in [0.15, 0.2) is 0 Å². The van der Waals surface area contributed by atoms with Crippen LogP contribution in [0, 0.1) is 0 Å². The van der Waals surface area contributed by atoms with Gasteiger partial charge in [0.1, 0.15) is 6.29 Å². The lowest BCUT2D eigenvalue weighted by atomic mass is 10.8. The van der Waals surface area contributed by atoms with Gasteiger partial charge < -0.3 is 9.53 Å². The quantitative estimate of drug-likeness (QED) is 0.440. The molecule has 0 spiro atoms. The van der Waals surface area contributed by atoms with E-state index in [0.717, 1.165) is 19.5 Å². The summed E-state index contributed by atoms with van der Waals surface area (Å²) in [6.07, 6.45) is 0.750. The van der Waals surface area contributed by atoms with Gasteiger partial charge in [0.05, 0.1) is 0 Å². The van der Waals surface area contributed by atoms with Crippen LogP contribution in [0.5, 0.6) is 0 Å². The van der Waals surface area contributed by atoms with Crippen LogP contribution in [0.1, 0.15) is 20.8 Å². The third kappa shape index (κ3) is 159. The molecule has 0 bridgehead atoms. The highest BCUT2D eigenvalue weighted by molar-refractivity contribution is 5.44. The lowest BCUT2D eigenvalue weighted by molar-refractivity contribution is -0.106. The number of ether oxygens (including phenoxy) is 1. The first-order valence-corrected chi connectivity index (χ1v) is 3.30. The van der Waals surface area contributed by atoms with Crippen molar-refractivity contribution in [3.05, 3.63) is 13.2 Å². The minimum Gasteiger partial charge on any atom is -0.382 e. The van der Waals surface area contributed by atoms with E-state index < -0.39 is 0 Å². The van der Waals surface area contributed by atoms with E-state index >= 15 is 0 Å². The van der Waals surface area contributed by atoms with Crippen LogP contribution in [0.25, 0.3) is 0 Å². The standard InChI is InChI=1S/C4H10O.C2H4O.C2H4/c1-3-5-4-2;1-2-3;1-2/h3-4H2,1-2H3;2H,1H3;1-2H2. The van der Waals surface area contributed by atoms with Crippen molar-refractivity contribution in [2.24, 2.45) is 0 Å². The zero-order valence-electron chi connectivity index (χ0n) is 7.22. The van der Waals surface area contributed by atoms with Crippen molar-refractivity contribution < 1.29 is 9.53 Å². The molecule has 2 nitrogen and oxygen atoms in total. The second-order valence-electron chi connectivity index (χ2n) is 1.02. The molecule has 0 aromatic carbocycles. The van der Waals surface area contributed by atoms with Gasteiger partial charge in [-0.3, -0.25) is 0 Å². The van der Waals surface area contributed by atoms with E-state index in [2.05, 4.69) is 13.2 Å². The zero-order chi connectivity index (χ0) is 8.83. The fourth-order valence-electron chi connectivity index (χ4n) is 0.204. The molecule has 0 unspecified atom stereocenters. The van der Waals surface area contributed by atoms with Gasteiger partial charge in [-0.2, -0.15) is 0 Å². The highest BCUT2D eigenvalue weighted by atomic mass is 16.5. The molecule has 0 aliphatic rings. The van der Waals surface area contributed by atoms with Crippen LogP contribution in [0.2, 0.25) is 0 Å². The summed E-state index contributed by atoms with van der Waals surface area (Å²) >= 11 is 0. The number of hydrogen-bond acceptors (Lipinski definition) is 2. The average molecular weight is 146 g/mol. The molecule has 0 saturated carbocycles. The normalized spacial score (nSPS) is 5.90. The Morgan fingerprint density at radius 2 is 1.50 bits per heavy atom. The van der Waals surface area contributed by atoms with Gasteiger partial charge in [0.2, 0.25) is 0 Å². The summed E-state index contributed by atoms with van der Waals surface area (Å²) in [6.45, 7) is 13.1. The number of carbonyl (C=O) groups is 1. The van der Waals surface area contributed by atoms with E-state index in [4.69, 9.17) is 9.53 Å². The summed E-state index contributed by atoms with van der Waals surface area (Å²) in [6, 6.07) is 0. The molecule has 10 heavy (non-hydrogen) atoms. The van der Waals surface area contributed by atoms with Gasteiger partial charge in [-0.25, -0.2) is 0 Å². The van der Waals surface area contributed by atoms with Crippen LogP contribution < -0.4 is 0 Å². The fourth-order valence-corrected chi connectivity index (χ4v) is 0.204. The van der Waals surface area contributed by atoms with Crippen LogP contribution in [0.4, 0.5) is 0 Å². The summed E-state index contributed by atoms with van der Waals surface area (Å²) in [7, 11) is 0. The van der Waals surface area contributed by atoms with E-state index in [1.54, 1.807) is 0 Å². The molecule has 62 valence electrons. The number of carbonyl (C=O) groups excluding carboxylic acids is 1. The first-order valence-electron chi connectivity index (χ1n) is 3.30. The third-order valence-corrected chi connectivity index (χ3v) is 0.408. The topological polar surface area (TPSA) is 26.3 Å². The minimum atomic E-state index is 0.750. The van der Waals surface area contributed by atoms with Crippen LogP contribution in [0.3, 0.4) is 0 Å². The van der Waals surface area contributed by atoms with Crippen LogP contribution in [-0.2, 0) is 9.53 Å². The molecule has 0 fully saturated rings. The predicted octanol–water partition coefficient (Wildman–Crippen LogP) is 2.05. The Hall–Kier alpha value is -0.630. The Morgan fingerprint density at radius 1 is 1.30 bits per heavy atom. The molecule has 0 aromatic rings. The molecule has 0 radical (unpaired) electrons. The number of aldehydes is 1. The molecule has 0 rings (SSSR count). The Labute approximate surface area is 63.9 Å². The highest BCUT2D eigenvalue weighted by Gasteiger charge is 1.64. The SMILES string of the molecule is C=C.CC=O.CCOCC. The van der Waals surface area contributed by atoms with Gasteiger partial charge in [-0.15, -0.1) is 13.2 Å². The fraction of sp³-hybridized carbons (Fsp3) is 0.625. The highest BCUT2D eigenvalue weighted by Crippen LogP contribution is 1.64. The lowest BCUT2D eigenvalue weighted by Crippen LogP contribution is -1.84. The number of rotatable bonds is 2. The Bertz CT molecular complexity index is 42.5. The van der Waals surface area contributed by atoms with E-state index in [1.807, 2.05) is 13.8 Å². The monoisotopic (exact) mass is 146 g/mol. The van der Waals surface area contributed by atoms with Crippen molar-refractivity contribution >= 4 is 6.29 Å². The smallest absolute Gasteiger partial charge is 0.116 e. The second kappa shape index (κ2) is 40.0. The summed E-state index contributed by atoms with van der Waals surface area (Å²) in [5.74, 6) is 0. The molecule has 0 aromatic heterocycles. The van der Waals surface area contributed by atoms with E-state index in [1.165, 1.54) is 6.92 Å².